The molecule has 0 bridgehead atoms. The van der Waals surface area contributed by atoms with Crippen molar-refractivity contribution in [3.05, 3.63) is 70.5 Å². The Balaban J connectivity index is 1.95. The molecule has 2 amide bonds. The summed E-state index contributed by atoms with van der Waals surface area (Å²) in [6.45, 7) is 5.69. The molecule has 0 radical (unpaired) electrons. The molecule has 25 heavy (non-hydrogen) atoms. The van der Waals surface area contributed by atoms with Gasteiger partial charge < -0.3 is 10.2 Å². The van der Waals surface area contributed by atoms with E-state index in [1.54, 1.807) is 31.3 Å². The fraction of sp³-hybridized carbons (Fsp3) is 0.300. The van der Waals surface area contributed by atoms with Gasteiger partial charge in [0.1, 0.15) is 5.82 Å². The number of halogens is 1. The van der Waals surface area contributed by atoms with Crippen LogP contribution in [0, 0.1) is 19.7 Å². The SMILES string of the molecule is Cc1ccc(C(=O)NCC(=O)N(C)[C@H](C)c2ccc(F)cc2)cc1C. The van der Waals surface area contributed by atoms with Crippen LogP contribution >= 0.6 is 0 Å². The number of hydrogen-bond acceptors (Lipinski definition) is 2. The highest BCUT2D eigenvalue weighted by molar-refractivity contribution is 5.96. The van der Waals surface area contributed by atoms with E-state index in [9.17, 15) is 14.0 Å². The van der Waals surface area contributed by atoms with Crippen LogP contribution in [0.5, 0.6) is 0 Å². The Morgan fingerprint density at radius 2 is 1.72 bits per heavy atom. The summed E-state index contributed by atoms with van der Waals surface area (Å²) in [6, 6.07) is 11.3. The predicted octanol–water partition coefficient (Wildman–Crippen LogP) is 3.39. The van der Waals surface area contributed by atoms with Crippen LogP contribution in [-0.4, -0.2) is 30.3 Å². The van der Waals surface area contributed by atoms with E-state index in [1.165, 1.54) is 17.0 Å². The number of carbonyl (C=O) groups is 2. The van der Waals surface area contributed by atoms with Gasteiger partial charge in [-0.15, -0.1) is 0 Å². The van der Waals surface area contributed by atoms with Gasteiger partial charge in [-0.1, -0.05) is 18.2 Å². The Labute approximate surface area is 147 Å². The molecule has 5 heteroatoms. The van der Waals surface area contributed by atoms with Crippen molar-refractivity contribution in [2.24, 2.45) is 0 Å². The van der Waals surface area contributed by atoms with E-state index < -0.39 is 0 Å². The lowest BCUT2D eigenvalue weighted by Gasteiger charge is -2.25. The van der Waals surface area contributed by atoms with Crippen molar-refractivity contribution in [3.63, 3.8) is 0 Å². The first-order valence-corrected chi connectivity index (χ1v) is 8.16. The zero-order chi connectivity index (χ0) is 18.6. The molecule has 0 aliphatic carbocycles. The van der Waals surface area contributed by atoms with E-state index in [0.717, 1.165) is 16.7 Å². The fourth-order valence-electron chi connectivity index (χ4n) is 2.45. The minimum Gasteiger partial charge on any atom is -0.343 e. The van der Waals surface area contributed by atoms with Gasteiger partial charge >= 0.3 is 0 Å². The Morgan fingerprint density at radius 3 is 2.32 bits per heavy atom. The van der Waals surface area contributed by atoms with Gasteiger partial charge in [0.05, 0.1) is 12.6 Å². The van der Waals surface area contributed by atoms with Crippen LogP contribution in [0.25, 0.3) is 0 Å². The number of hydrogen-bond donors (Lipinski definition) is 1. The lowest BCUT2D eigenvalue weighted by atomic mass is 10.1. The van der Waals surface area contributed by atoms with Crippen LogP contribution in [0.4, 0.5) is 4.39 Å². The zero-order valence-electron chi connectivity index (χ0n) is 15.0. The van der Waals surface area contributed by atoms with Gasteiger partial charge in [-0.05, 0) is 61.7 Å². The largest absolute Gasteiger partial charge is 0.343 e. The highest BCUT2D eigenvalue weighted by Gasteiger charge is 2.18. The molecule has 0 saturated heterocycles. The van der Waals surface area contributed by atoms with Crippen molar-refractivity contribution in [1.82, 2.24) is 10.2 Å². The average Bonchev–Trinajstić information content (AvgIpc) is 2.61. The van der Waals surface area contributed by atoms with Gasteiger partial charge in [0.25, 0.3) is 5.91 Å². The number of aryl methyl sites for hydroxylation is 2. The van der Waals surface area contributed by atoms with Gasteiger partial charge in [0.2, 0.25) is 5.91 Å². The molecule has 1 N–H and O–H groups in total. The van der Waals surface area contributed by atoms with Crippen LogP contribution in [0.15, 0.2) is 42.5 Å². The molecule has 0 aliphatic rings. The molecule has 0 fully saturated rings. The van der Waals surface area contributed by atoms with Gasteiger partial charge in [0, 0.05) is 12.6 Å². The summed E-state index contributed by atoms with van der Waals surface area (Å²) in [5, 5.41) is 2.65. The van der Waals surface area contributed by atoms with E-state index >= 15 is 0 Å². The van der Waals surface area contributed by atoms with Crippen molar-refractivity contribution in [2.75, 3.05) is 13.6 Å². The third-order valence-electron chi connectivity index (χ3n) is 4.50. The molecule has 0 unspecified atom stereocenters. The van der Waals surface area contributed by atoms with E-state index in [2.05, 4.69) is 5.32 Å². The number of nitrogens with zero attached hydrogens (tertiary/aromatic N) is 1. The van der Waals surface area contributed by atoms with Crippen molar-refractivity contribution >= 4 is 11.8 Å². The summed E-state index contributed by atoms with van der Waals surface area (Å²) in [5.74, 6) is -0.807. The van der Waals surface area contributed by atoms with Crippen molar-refractivity contribution < 1.29 is 14.0 Å². The first-order valence-electron chi connectivity index (χ1n) is 8.16. The maximum Gasteiger partial charge on any atom is 0.251 e. The van der Waals surface area contributed by atoms with Crippen molar-refractivity contribution in [3.8, 4) is 0 Å². The van der Waals surface area contributed by atoms with Gasteiger partial charge in [-0.25, -0.2) is 4.39 Å². The van der Waals surface area contributed by atoms with Crippen molar-refractivity contribution in [2.45, 2.75) is 26.8 Å². The molecule has 0 heterocycles. The number of benzene rings is 2. The van der Waals surface area contributed by atoms with Crippen LogP contribution in [0.1, 0.15) is 40.0 Å². The molecular weight excluding hydrogens is 319 g/mol. The highest BCUT2D eigenvalue weighted by Crippen LogP contribution is 2.19. The number of amides is 2. The second kappa shape index (κ2) is 7.92. The highest BCUT2D eigenvalue weighted by atomic mass is 19.1. The lowest BCUT2D eigenvalue weighted by Crippen LogP contribution is -2.39. The van der Waals surface area contributed by atoms with E-state index in [-0.39, 0.29) is 30.2 Å². The first-order chi connectivity index (χ1) is 11.8. The molecule has 2 rings (SSSR count). The maximum absolute atomic E-state index is 13.0. The maximum atomic E-state index is 13.0. The molecule has 1 atom stereocenters. The molecule has 132 valence electrons. The average molecular weight is 342 g/mol. The van der Waals surface area contributed by atoms with Gasteiger partial charge in [0.15, 0.2) is 0 Å². The van der Waals surface area contributed by atoms with Crippen LogP contribution < -0.4 is 5.32 Å². The molecule has 0 aromatic heterocycles. The van der Waals surface area contributed by atoms with Crippen LogP contribution in [-0.2, 0) is 4.79 Å². The first kappa shape index (κ1) is 18.6. The summed E-state index contributed by atoms with van der Waals surface area (Å²) in [6.07, 6.45) is 0. The Bertz CT molecular complexity index is 772. The zero-order valence-corrected chi connectivity index (χ0v) is 15.0. The summed E-state index contributed by atoms with van der Waals surface area (Å²) in [7, 11) is 1.67. The third-order valence-corrected chi connectivity index (χ3v) is 4.50. The minimum atomic E-state index is -0.314. The number of rotatable bonds is 5. The second-order valence-electron chi connectivity index (χ2n) is 6.21. The smallest absolute Gasteiger partial charge is 0.251 e. The Morgan fingerprint density at radius 1 is 1.08 bits per heavy atom. The van der Waals surface area contributed by atoms with Gasteiger partial charge in [-0.2, -0.15) is 0 Å². The van der Waals surface area contributed by atoms with Crippen LogP contribution in [0.2, 0.25) is 0 Å². The Hall–Kier alpha value is -2.69. The summed E-state index contributed by atoms with van der Waals surface area (Å²) in [5.41, 5.74) is 3.50. The molecular formula is C20H23FN2O2. The van der Waals surface area contributed by atoms with E-state index in [1.807, 2.05) is 26.8 Å². The fourth-order valence-corrected chi connectivity index (χ4v) is 2.45. The second-order valence-corrected chi connectivity index (χ2v) is 6.21. The molecule has 0 aliphatic heterocycles. The molecule has 0 saturated carbocycles. The van der Waals surface area contributed by atoms with Gasteiger partial charge in [-0.3, -0.25) is 9.59 Å². The summed E-state index contributed by atoms with van der Waals surface area (Å²) >= 11 is 0. The normalized spacial score (nSPS) is 11.7. The molecule has 0 spiro atoms. The Kier molecular flexibility index (Phi) is 5.91. The number of nitrogens with one attached hydrogen (secondary N) is 1. The number of likely N-dealkylation sites (N-methyl/N-ethyl adjacent to an activating group) is 1. The molecule has 2 aromatic rings. The molecule has 2 aromatic carbocycles. The minimum absolute atomic E-state index is 0.0895. The summed E-state index contributed by atoms with van der Waals surface area (Å²) in [4.78, 5) is 26.0. The molecule has 4 nitrogen and oxygen atoms in total. The predicted molar refractivity (Wildman–Crippen MR) is 95.8 cm³/mol. The topological polar surface area (TPSA) is 49.4 Å². The number of carbonyl (C=O) groups excluding carboxylic acids is 2. The quantitative estimate of drug-likeness (QED) is 0.905. The van der Waals surface area contributed by atoms with E-state index in [0.29, 0.717) is 5.56 Å². The lowest BCUT2D eigenvalue weighted by molar-refractivity contribution is -0.130. The van der Waals surface area contributed by atoms with Crippen molar-refractivity contribution in [1.29, 1.82) is 0 Å². The monoisotopic (exact) mass is 342 g/mol. The third kappa shape index (κ3) is 4.66. The van der Waals surface area contributed by atoms with Crippen LogP contribution in [0.3, 0.4) is 0 Å². The summed E-state index contributed by atoms with van der Waals surface area (Å²) < 4.78 is 13.0. The van der Waals surface area contributed by atoms with E-state index in [4.69, 9.17) is 0 Å². The standard InChI is InChI=1S/C20H23FN2O2/c1-13-5-6-17(11-14(13)2)20(25)22-12-19(24)23(4)15(3)16-7-9-18(21)10-8-16/h5-11,15H,12H2,1-4H3,(H,22,25)/t15-/m1/s1.